The van der Waals surface area contributed by atoms with Crippen molar-refractivity contribution in [3.63, 3.8) is 0 Å². The van der Waals surface area contributed by atoms with E-state index in [1.807, 2.05) is 37.3 Å². The number of nitrogens with one attached hydrogen (secondary N) is 1. The highest BCUT2D eigenvalue weighted by molar-refractivity contribution is 8.01. The molecule has 1 fully saturated rings. The first-order valence-corrected chi connectivity index (χ1v) is 9.56. The average molecular weight is 368 g/mol. The van der Waals surface area contributed by atoms with Crippen LogP contribution in [0.4, 0.5) is 11.4 Å². The van der Waals surface area contributed by atoms with Gasteiger partial charge in [0, 0.05) is 12.1 Å². The molecule has 134 valence electrons. The van der Waals surface area contributed by atoms with E-state index in [1.54, 1.807) is 24.3 Å². The molecular formula is C20H20N2O3S. The van der Waals surface area contributed by atoms with Crippen molar-refractivity contribution in [2.45, 2.75) is 25.0 Å². The first-order valence-electron chi connectivity index (χ1n) is 8.51. The topological polar surface area (TPSA) is 66.5 Å². The minimum absolute atomic E-state index is 0.122. The Morgan fingerprint density at radius 2 is 1.81 bits per heavy atom. The minimum atomic E-state index is -0.519. The molecule has 1 N–H and O–H groups in total. The summed E-state index contributed by atoms with van der Waals surface area (Å²) in [6, 6.07) is 16.5. The van der Waals surface area contributed by atoms with Crippen molar-refractivity contribution < 1.29 is 14.4 Å². The van der Waals surface area contributed by atoms with Gasteiger partial charge in [-0.15, -0.1) is 11.8 Å². The first-order chi connectivity index (χ1) is 12.6. The van der Waals surface area contributed by atoms with Crippen LogP contribution in [0.1, 0.15) is 18.9 Å². The normalized spacial score (nSPS) is 16.8. The molecule has 1 aliphatic rings. The van der Waals surface area contributed by atoms with Crippen molar-refractivity contribution in [1.29, 1.82) is 0 Å². The molecule has 0 aromatic heterocycles. The van der Waals surface area contributed by atoms with Crippen LogP contribution in [0.5, 0.6) is 0 Å². The van der Waals surface area contributed by atoms with Gasteiger partial charge < -0.3 is 5.32 Å². The Balaban J connectivity index is 1.59. The van der Waals surface area contributed by atoms with E-state index >= 15 is 0 Å². The zero-order chi connectivity index (χ0) is 18.5. The van der Waals surface area contributed by atoms with Crippen LogP contribution in [-0.2, 0) is 20.8 Å². The summed E-state index contributed by atoms with van der Waals surface area (Å²) in [6.07, 6.45) is 0.947. The van der Waals surface area contributed by atoms with Crippen molar-refractivity contribution >= 4 is 40.9 Å². The molecule has 1 heterocycles. The monoisotopic (exact) mass is 368 g/mol. The van der Waals surface area contributed by atoms with Gasteiger partial charge in [0.1, 0.15) is 0 Å². The second-order valence-electron chi connectivity index (χ2n) is 5.97. The summed E-state index contributed by atoms with van der Waals surface area (Å²) >= 11 is 1.21. The average Bonchev–Trinajstić information content (AvgIpc) is 2.94. The second-order valence-corrected chi connectivity index (χ2v) is 7.16. The van der Waals surface area contributed by atoms with Crippen molar-refractivity contribution in [2.75, 3.05) is 16.0 Å². The van der Waals surface area contributed by atoms with Gasteiger partial charge in [0.05, 0.1) is 16.7 Å². The molecule has 3 amide bonds. The molecule has 0 radical (unpaired) electrons. The molecule has 1 atom stereocenters. The largest absolute Gasteiger partial charge is 0.325 e. The third-order valence-electron chi connectivity index (χ3n) is 4.21. The summed E-state index contributed by atoms with van der Waals surface area (Å²) < 4.78 is 0. The van der Waals surface area contributed by atoms with Crippen LogP contribution in [0.2, 0.25) is 0 Å². The quantitative estimate of drug-likeness (QED) is 0.795. The lowest BCUT2D eigenvalue weighted by atomic mass is 10.1. The Bertz CT molecular complexity index is 823. The molecule has 2 aromatic rings. The van der Waals surface area contributed by atoms with Crippen LogP contribution in [0.3, 0.4) is 0 Å². The smallest absolute Gasteiger partial charge is 0.247 e. The number of rotatable bonds is 6. The fourth-order valence-corrected chi connectivity index (χ4v) is 3.83. The van der Waals surface area contributed by atoms with Crippen molar-refractivity contribution in [3.05, 3.63) is 60.2 Å². The maximum absolute atomic E-state index is 12.5. The zero-order valence-corrected chi connectivity index (χ0v) is 15.3. The number of hydrogen-bond donors (Lipinski definition) is 1. The molecule has 0 spiro atoms. The van der Waals surface area contributed by atoms with Crippen molar-refractivity contribution in [3.8, 4) is 0 Å². The van der Waals surface area contributed by atoms with Gasteiger partial charge in [-0.2, -0.15) is 0 Å². The van der Waals surface area contributed by atoms with Crippen LogP contribution in [0.15, 0.2) is 54.6 Å². The summed E-state index contributed by atoms with van der Waals surface area (Å²) in [4.78, 5) is 38.2. The highest BCUT2D eigenvalue weighted by Crippen LogP contribution is 2.29. The number of carbonyl (C=O) groups excluding carboxylic acids is 3. The van der Waals surface area contributed by atoms with E-state index in [0.29, 0.717) is 5.69 Å². The number of anilines is 2. The van der Waals surface area contributed by atoms with Gasteiger partial charge in [-0.25, -0.2) is 4.90 Å². The number of carbonyl (C=O) groups is 3. The molecule has 1 unspecified atom stereocenters. The molecule has 0 aliphatic carbocycles. The van der Waals surface area contributed by atoms with Crippen LogP contribution in [-0.4, -0.2) is 28.7 Å². The Morgan fingerprint density at radius 1 is 1.12 bits per heavy atom. The third-order valence-corrected chi connectivity index (χ3v) is 5.41. The highest BCUT2D eigenvalue weighted by atomic mass is 32.2. The van der Waals surface area contributed by atoms with Gasteiger partial charge in [0.25, 0.3) is 0 Å². The molecule has 5 nitrogen and oxygen atoms in total. The lowest BCUT2D eigenvalue weighted by Crippen LogP contribution is -2.31. The third kappa shape index (κ3) is 3.96. The van der Waals surface area contributed by atoms with Gasteiger partial charge in [-0.1, -0.05) is 43.3 Å². The van der Waals surface area contributed by atoms with Crippen molar-refractivity contribution in [2.24, 2.45) is 0 Å². The number of para-hydroxylation sites is 2. The van der Waals surface area contributed by atoms with E-state index in [0.717, 1.165) is 17.7 Å². The molecular weight excluding hydrogens is 348 g/mol. The van der Waals surface area contributed by atoms with E-state index < -0.39 is 5.25 Å². The van der Waals surface area contributed by atoms with E-state index in [1.165, 1.54) is 16.7 Å². The number of hydrogen-bond acceptors (Lipinski definition) is 4. The van der Waals surface area contributed by atoms with Crippen molar-refractivity contribution in [1.82, 2.24) is 0 Å². The van der Waals surface area contributed by atoms with E-state index in [2.05, 4.69) is 5.32 Å². The zero-order valence-electron chi connectivity index (χ0n) is 14.5. The van der Waals surface area contributed by atoms with Crippen LogP contribution < -0.4 is 10.2 Å². The van der Waals surface area contributed by atoms with E-state index in [-0.39, 0.29) is 29.9 Å². The summed E-state index contributed by atoms with van der Waals surface area (Å²) in [5.41, 5.74) is 2.43. The number of aryl methyl sites for hydroxylation is 1. The summed E-state index contributed by atoms with van der Waals surface area (Å²) in [6.45, 7) is 2.03. The predicted molar refractivity (Wildman–Crippen MR) is 104 cm³/mol. The van der Waals surface area contributed by atoms with Gasteiger partial charge in [-0.05, 0) is 30.2 Å². The Hall–Kier alpha value is -2.60. The molecule has 0 saturated carbocycles. The predicted octanol–water partition coefficient (Wildman–Crippen LogP) is 3.25. The summed E-state index contributed by atoms with van der Waals surface area (Å²) in [5, 5.41) is 2.37. The molecule has 1 saturated heterocycles. The van der Waals surface area contributed by atoms with Gasteiger partial charge >= 0.3 is 0 Å². The van der Waals surface area contributed by atoms with Gasteiger partial charge in [0.2, 0.25) is 17.7 Å². The highest BCUT2D eigenvalue weighted by Gasteiger charge is 2.39. The molecule has 6 heteroatoms. The second kappa shape index (κ2) is 8.19. The van der Waals surface area contributed by atoms with Crippen LogP contribution in [0.25, 0.3) is 0 Å². The maximum Gasteiger partial charge on any atom is 0.247 e. The Labute approximate surface area is 156 Å². The molecule has 2 aromatic carbocycles. The maximum atomic E-state index is 12.5. The van der Waals surface area contributed by atoms with Crippen LogP contribution >= 0.6 is 11.8 Å². The van der Waals surface area contributed by atoms with E-state index in [9.17, 15) is 14.4 Å². The molecule has 1 aliphatic heterocycles. The minimum Gasteiger partial charge on any atom is -0.325 e. The first kappa shape index (κ1) is 18.2. The van der Waals surface area contributed by atoms with Gasteiger partial charge in [-0.3, -0.25) is 14.4 Å². The molecule has 0 bridgehead atoms. The number of imide groups is 1. The summed E-state index contributed by atoms with van der Waals surface area (Å²) in [5.74, 6) is -0.526. The van der Waals surface area contributed by atoms with Gasteiger partial charge in [0.15, 0.2) is 0 Å². The number of thioether (sulfide) groups is 1. The standard InChI is InChI=1S/C20H20N2O3S/c1-2-14-8-6-7-11-16(14)21-18(23)13-26-17-12-19(24)22(20(17)25)15-9-4-3-5-10-15/h3-11,17H,2,12-13H2,1H3,(H,21,23). The Morgan fingerprint density at radius 3 is 2.54 bits per heavy atom. The SMILES string of the molecule is CCc1ccccc1NC(=O)CSC1CC(=O)N(c2ccccc2)C1=O. The van der Waals surface area contributed by atoms with E-state index in [4.69, 9.17) is 0 Å². The summed E-state index contributed by atoms with van der Waals surface area (Å²) in [7, 11) is 0. The molecule has 26 heavy (non-hydrogen) atoms. The fourth-order valence-electron chi connectivity index (χ4n) is 2.90. The fraction of sp³-hybridized carbons (Fsp3) is 0.250. The lowest BCUT2D eigenvalue weighted by molar-refractivity contribution is -0.121. The molecule has 3 rings (SSSR count). The van der Waals surface area contributed by atoms with Crippen LogP contribution in [0, 0.1) is 0 Å². The number of benzene rings is 2. The lowest BCUT2D eigenvalue weighted by Gasteiger charge is -2.14. The number of nitrogens with zero attached hydrogens (tertiary/aromatic N) is 1. The Kier molecular flexibility index (Phi) is 5.73. The number of amides is 3.